The molecule has 1 amide bonds. The van der Waals surface area contributed by atoms with Crippen molar-refractivity contribution in [2.24, 2.45) is 0 Å². The van der Waals surface area contributed by atoms with Gasteiger partial charge in [0, 0.05) is 25.8 Å². The molecular formula is C12H19N3O2. The Morgan fingerprint density at radius 2 is 2.12 bits per heavy atom. The van der Waals surface area contributed by atoms with E-state index in [9.17, 15) is 4.79 Å². The van der Waals surface area contributed by atoms with E-state index < -0.39 is 0 Å². The van der Waals surface area contributed by atoms with Gasteiger partial charge >= 0.3 is 0 Å². The summed E-state index contributed by atoms with van der Waals surface area (Å²) in [5, 5.41) is 4.13. The molecule has 17 heavy (non-hydrogen) atoms. The Morgan fingerprint density at radius 3 is 2.71 bits per heavy atom. The maximum absolute atomic E-state index is 12.3. The molecule has 94 valence electrons. The number of morpholine rings is 1. The van der Waals surface area contributed by atoms with Crippen molar-refractivity contribution >= 4 is 5.91 Å². The molecule has 1 aliphatic heterocycles. The topological polar surface area (TPSA) is 47.4 Å². The highest BCUT2D eigenvalue weighted by Gasteiger charge is 2.27. The van der Waals surface area contributed by atoms with Crippen molar-refractivity contribution < 1.29 is 9.53 Å². The second-order valence-corrected chi connectivity index (χ2v) is 4.50. The van der Waals surface area contributed by atoms with Crippen molar-refractivity contribution in [3.63, 3.8) is 0 Å². The highest BCUT2D eigenvalue weighted by Crippen LogP contribution is 2.14. The molecule has 0 radical (unpaired) electrons. The number of amides is 1. The summed E-state index contributed by atoms with van der Waals surface area (Å²) < 4.78 is 7.35. The van der Waals surface area contributed by atoms with Crippen LogP contribution in [0.3, 0.4) is 0 Å². The first kappa shape index (κ1) is 12.1. The first-order valence-corrected chi connectivity index (χ1v) is 6.08. The fourth-order valence-corrected chi connectivity index (χ4v) is 2.27. The average Bonchev–Trinajstić information content (AvgIpc) is 2.74. The molecule has 1 aromatic heterocycles. The number of nitrogens with zero attached hydrogens (tertiary/aromatic N) is 3. The molecule has 1 aliphatic rings. The average molecular weight is 237 g/mol. The number of rotatable bonds is 2. The first-order chi connectivity index (χ1) is 8.11. The first-order valence-electron chi connectivity index (χ1n) is 6.08. The molecule has 0 N–H and O–H groups in total. The van der Waals surface area contributed by atoms with E-state index in [2.05, 4.69) is 5.10 Å². The van der Waals surface area contributed by atoms with Crippen LogP contribution in [0.15, 0.2) is 12.3 Å². The van der Waals surface area contributed by atoms with Crippen LogP contribution >= 0.6 is 0 Å². The predicted octanol–water partition coefficient (Wildman–Crippen LogP) is 1.15. The normalized spacial score (nSPS) is 25.0. The lowest BCUT2D eigenvalue weighted by atomic mass is 10.2. The van der Waals surface area contributed by atoms with E-state index in [1.54, 1.807) is 16.9 Å². The van der Waals surface area contributed by atoms with Crippen molar-refractivity contribution in [3.8, 4) is 0 Å². The number of carbonyl (C=O) groups excluding carboxylic acids is 1. The molecule has 1 saturated heterocycles. The third-order valence-corrected chi connectivity index (χ3v) is 2.94. The number of carbonyl (C=O) groups is 1. The van der Waals surface area contributed by atoms with Gasteiger partial charge in [0.2, 0.25) is 0 Å². The molecule has 1 aromatic rings. The Hall–Kier alpha value is -1.36. The molecule has 0 bridgehead atoms. The molecule has 0 unspecified atom stereocenters. The summed E-state index contributed by atoms with van der Waals surface area (Å²) in [6, 6.07) is 1.77. The summed E-state index contributed by atoms with van der Waals surface area (Å²) in [6.45, 7) is 7.98. The van der Waals surface area contributed by atoms with Crippen LogP contribution in [0.4, 0.5) is 0 Å². The second-order valence-electron chi connectivity index (χ2n) is 4.50. The highest BCUT2D eigenvalue weighted by atomic mass is 16.5. The lowest BCUT2D eigenvalue weighted by Crippen LogP contribution is -2.48. The summed E-state index contributed by atoms with van der Waals surface area (Å²) in [5.74, 6) is 0.0475. The van der Waals surface area contributed by atoms with E-state index >= 15 is 0 Å². The molecule has 5 nitrogen and oxygen atoms in total. The monoisotopic (exact) mass is 237 g/mol. The molecule has 0 spiro atoms. The van der Waals surface area contributed by atoms with E-state index in [1.807, 2.05) is 25.7 Å². The van der Waals surface area contributed by atoms with Crippen molar-refractivity contribution in [1.29, 1.82) is 0 Å². The Labute approximate surface area is 101 Å². The van der Waals surface area contributed by atoms with Crippen LogP contribution in [0.5, 0.6) is 0 Å². The summed E-state index contributed by atoms with van der Waals surface area (Å²) in [4.78, 5) is 14.2. The molecule has 5 heteroatoms. The van der Waals surface area contributed by atoms with Gasteiger partial charge in [-0.2, -0.15) is 5.10 Å². The van der Waals surface area contributed by atoms with Gasteiger partial charge in [0.1, 0.15) is 5.69 Å². The van der Waals surface area contributed by atoms with Gasteiger partial charge in [-0.25, -0.2) is 0 Å². The minimum atomic E-state index is 0.0475. The van der Waals surface area contributed by atoms with Gasteiger partial charge in [-0.05, 0) is 26.8 Å². The molecule has 0 aliphatic carbocycles. The van der Waals surface area contributed by atoms with Gasteiger partial charge in [-0.1, -0.05) is 0 Å². The van der Waals surface area contributed by atoms with Crippen molar-refractivity contribution in [3.05, 3.63) is 18.0 Å². The van der Waals surface area contributed by atoms with Crippen LogP contribution in [-0.2, 0) is 11.3 Å². The van der Waals surface area contributed by atoms with Crippen LogP contribution in [0.2, 0.25) is 0 Å². The van der Waals surface area contributed by atoms with Crippen LogP contribution in [0.1, 0.15) is 31.3 Å². The predicted molar refractivity (Wildman–Crippen MR) is 63.8 cm³/mol. The molecular weight excluding hydrogens is 218 g/mol. The summed E-state index contributed by atoms with van der Waals surface area (Å²) in [7, 11) is 0. The standard InChI is InChI=1S/C12H19N3O2/c1-4-15-11(5-6-13-15)12(16)14-7-9(2)17-10(3)8-14/h5-6,9-10H,4,7-8H2,1-3H3/t9-,10+. The van der Waals surface area contributed by atoms with Crippen LogP contribution in [0.25, 0.3) is 0 Å². The number of hydrogen-bond acceptors (Lipinski definition) is 3. The number of aromatic nitrogens is 2. The Morgan fingerprint density at radius 1 is 1.47 bits per heavy atom. The largest absolute Gasteiger partial charge is 0.372 e. The van der Waals surface area contributed by atoms with E-state index in [-0.39, 0.29) is 18.1 Å². The van der Waals surface area contributed by atoms with Crippen molar-refractivity contribution in [2.45, 2.75) is 39.5 Å². The third kappa shape index (κ3) is 2.49. The fourth-order valence-electron chi connectivity index (χ4n) is 2.27. The SMILES string of the molecule is CCn1nccc1C(=O)N1C[C@@H](C)O[C@@H](C)C1. The second kappa shape index (κ2) is 4.87. The fraction of sp³-hybridized carbons (Fsp3) is 0.667. The summed E-state index contributed by atoms with van der Waals surface area (Å²) >= 11 is 0. The third-order valence-electron chi connectivity index (χ3n) is 2.94. The minimum Gasteiger partial charge on any atom is -0.372 e. The van der Waals surface area contributed by atoms with Crippen LogP contribution < -0.4 is 0 Å². The number of ether oxygens (including phenoxy) is 1. The van der Waals surface area contributed by atoms with Gasteiger partial charge in [-0.15, -0.1) is 0 Å². The van der Waals surface area contributed by atoms with Crippen molar-refractivity contribution in [2.75, 3.05) is 13.1 Å². The molecule has 2 rings (SSSR count). The highest BCUT2D eigenvalue weighted by molar-refractivity contribution is 5.92. The zero-order chi connectivity index (χ0) is 12.4. The summed E-state index contributed by atoms with van der Waals surface area (Å²) in [5.41, 5.74) is 0.661. The van der Waals surface area contributed by atoms with Gasteiger partial charge in [0.05, 0.1) is 12.2 Å². The molecule has 1 fully saturated rings. The zero-order valence-electron chi connectivity index (χ0n) is 10.6. The van der Waals surface area contributed by atoms with E-state index in [1.165, 1.54) is 0 Å². The summed E-state index contributed by atoms with van der Waals surface area (Å²) in [6.07, 6.45) is 1.87. The lowest BCUT2D eigenvalue weighted by molar-refractivity contribution is -0.0588. The Balaban J connectivity index is 2.14. The van der Waals surface area contributed by atoms with E-state index in [0.29, 0.717) is 25.3 Å². The number of hydrogen-bond donors (Lipinski definition) is 0. The van der Waals surface area contributed by atoms with Gasteiger partial charge in [-0.3, -0.25) is 9.48 Å². The maximum atomic E-state index is 12.3. The van der Waals surface area contributed by atoms with Crippen LogP contribution in [-0.4, -0.2) is 45.9 Å². The van der Waals surface area contributed by atoms with Gasteiger partial charge in [0.25, 0.3) is 5.91 Å². The van der Waals surface area contributed by atoms with Gasteiger partial charge < -0.3 is 9.64 Å². The Bertz CT molecular complexity index is 392. The van der Waals surface area contributed by atoms with E-state index in [4.69, 9.17) is 4.74 Å². The lowest BCUT2D eigenvalue weighted by Gasteiger charge is -2.35. The smallest absolute Gasteiger partial charge is 0.272 e. The maximum Gasteiger partial charge on any atom is 0.272 e. The zero-order valence-corrected chi connectivity index (χ0v) is 10.6. The van der Waals surface area contributed by atoms with E-state index in [0.717, 1.165) is 0 Å². The minimum absolute atomic E-state index is 0.0475. The molecule has 2 atom stereocenters. The molecule has 0 saturated carbocycles. The molecule has 2 heterocycles. The Kier molecular flexibility index (Phi) is 3.47. The molecule has 0 aromatic carbocycles. The number of aryl methyl sites for hydroxylation is 1. The quantitative estimate of drug-likeness (QED) is 0.775. The van der Waals surface area contributed by atoms with Crippen molar-refractivity contribution in [1.82, 2.24) is 14.7 Å². The van der Waals surface area contributed by atoms with Crippen LogP contribution in [0, 0.1) is 0 Å². The van der Waals surface area contributed by atoms with Gasteiger partial charge in [0.15, 0.2) is 0 Å².